The monoisotopic (exact) mass is 173 g/mol. The van der Waals surface area contributed by atoms with Crippen molar-refractivity contribution in [2.24, 2.45) is 0 Å². The first-order valence-electron chi connectivity index (χ1n) is 2.74. The molecule has 0 aromatic carbocycles. The maximum absolute atomic E-state index is 10.3. The molecule has 0 radical (unpaired) electrons. The summed E-state index contributed by atoms with van der Waals surface area (Å²) < 4.78 is 0.958. The van der Waals surface area contributed by atoms with E-state index in [-0.39, 0.29) is 0 Å². The van der Waals surface area contributed by atoms with Gasteiger partial charge in [-0.05, 0) is 13.2 Å². The number of nitrogens with zero attached hydrogens (tertiary/aromatic N) is 1. The molecule has 0 N–H and O–H groups in total. The Kier molecular flexibility index (Phi) is 2.45. The summed E-state index contributed by atoms with van der Waals surface area (Å²) in [5, 5.41) is 0. The van der Waals surface area contributed by atoms with E-state index in [0.717, 1.165) is 21.2 Å². The Morgan fingerprint density at radius 1 is 1.70 bits per heavy atom. The first kappa shape index (κ1) is 7.75. The number of carbonyl (C=O) groups excluding carboxylic acids is 1. The first-order valence-corrected chi connectivity index (χ1v) is 4.78. The fourth-order valence-corrected chi connectivity index (χ4v) is 2.02. The third-order valence-corrected chi connectivity index (χ3v) is 3.16. The Balaban J connectivity index is 3.03. The summed E-state index contributed by atoms with van der Waals surface area (Å²) in [6.07, 6.45) is 2.81. The molecule has 0 fully saturated rings. The van der Waals surface area contributed by atoms with Gasteiger partial charge in [0.2, 0.25) is 0 Å². The van der Waals surface area contributed by atoms with Gasteiger partial charge in [0.15, 0.2) is 10.6 Å². The molecule has 1 rings (SSSR count). The number of aromatic nitrogens is 1. The predicted molar refractivity (Wildman–Crippen MR) is 44.0 cm³/mol. The Bertz CT molecular complexity index is 244. The van der Waals surface area contributed by atoms with Crippen LogP contribution in [-0.4, -0.2) is 17.5 Å². The number of aldehydes is 1. The number of rotatable bonds is 2. The lowest BCUT2D eigenvalue weighted by molar-refractivity contribution is 0.112. The highest BCUT2D eigenvalue weighted by atomic mass is 32.2. The lowest BCUT2D eigenvalue weighted by atomic mass is 10.4. The molecule has 0 saturated carbocycles. The van der Waals surface area contributed by atoms with Crippen molar-refractivity contribution in [3.05, 3.63) is 10.6 Å². The van der Waals surface area contributed by atoms with E-state index in [4.69, 9.17) is 0 Å². The maximum Gasteiger partial charge on any atom is 0.161 e. The second-order valence-electron chi connectivity index (χ2n) is 1.75. The van der Waals surface area contributed by atoms with E-state index in [1.807, 2.05) is 13.2 Å². The van der Waals surface area contributed by atoms with Gasteiger partial charge in [-0.25, -0.2) is 4.98 Å². The van der Waals surface area contributed by atoms with E-state index in [1.54, 1.807) is 11.8 Å². The summed E-state index contributed by atoms with van der Waals surface area (Å²) in [5.74, 6) is 0. The van der Waals surface area contributed by atoms with Crippen LogP contribution in [0.4, 0.5) is 0 Å². The van der Waals surface area contributed by atoms with Crippen LogP contribution >= 0.6 is 23.1 Å². The average Bonchev–Trinajstić information content (AvgIpc) is 2.30. The van der Waals surface area contributed by atoms with Gasteiger partial charge >= 0.3 is 0 Å². The topological polar surface area (TPSA) is 30.0 Å². The molecule has 1 aromatic rings. The third kappa shape index (κ3) is 1.38. The van der Waals surface area contributed by atoms with Crippen LogP contribution in [0.25, 0.3) is 0 Å². The van der Waals surface area contributed by atoms with Crippen LogP contribution in [-0.2, 0) is 0 Å². The second kappa shape index (κ2) is 3.16. The molecule has 0 aliphatic rings. The van der Waals surface area contributed by atoms with Gasteiger partial charge in [0.1, 0.15) is 0 Å². The lowest BCUT2D eigenvalue weighted by Crippen LogP contribution is -1.76. The number of thiazole rings is 1. The van der Waals surface area contributed by atoms with Crippen molar-refractivity contribution in [1.29, 1.82) is 0 Å². The van der Waals surface area contributed by atoms with E-state index in [2.05, 4.69) is 4.98 Å². The number of hydrogen-bond acceptors (Lipinski definition) is 4. The lowest BCUT2D eigenvalue weighted by Gasteiger charge is -1.79. The fourth-order valence-electron chi connectivity index (χ4n) is 0.579. The Morgan fingerprint density at radius 2 is 2.40 bits per heavy atom. The van der Waals surface area contributed by atoms with E-state index in [9.17, 15) is 4.79 Å². The van der Waals surface area contributed by atoms with Crippen LogP contribution in [0.1, 0.15) is 15.4 Å². The molecule has 0 spiro atoms. The van der Waals surface area contributed by atoms with Crippen molar-refractivity contribution in [2.45, 2.75) is 11.3 Å². The molecule has 10 heavy (non-hydrogen) atoms. The molecule has 0 aliphatic carbocycles. The van der Waals surface area contributed by atoms with Crippen LogP contribution in [0.15, 0.2) is 4.34 Å². The minimum Gasteiger partial charge on any atom is -0.297 e. The molecule has 0 amide bonds. The summed E-state index contributed by atoms with van der Waals surface area (Å²) in [4.78, 5) is 15.2. The molecular formula is C6H7NOS2. The minimum atomic E-state index is 0.740. The molecule has 2 nitrogen and oxygen atoms in total. The van der Waals surface area contributed by atoms with E-state index in [0.29, 0.717) is 0 Å². The van der Waals surface area contributed by atoms with E-state index < -0.39 is 0 Å². The van der Waals surface area contributed by atoms with Crippen LogP contribution < -0.4 is 0 Å². The smallest absolute Gasteiger partial charge is 0.161 e. The highest BCUT2D eigenvalue weighted by Gasteiger charge is 2.03. The van der Waals surface area contributed by atoms with Crippen molar-refractivity contribution in [3.63, 3.8) is 0 Å². The summed E-state index contributed by atoms with van der Waals surface area (Å²) in [5.41, 5.74) is 0.837. The van der Waals surface area contributed by atoms with Crippen LogP contribution in [0, 0.1) is 6.92 Å². The van der Waals surface area contributed by atoms with Crippen molar-refractivity contribution < 1.29 is 4.79 Å². The molecule has 0 unspecified atom stereocenters. The van der Waals surface area contributed by atoms with Crippen LogP contribution in [0.2, 0.25) is 0 Å². The van der Waals surface area contributed by atoms with Gasteiger partial charge in [0.25, 0.3) is 0 Å². The molecule has 1 heterocycles. The summed E-state index contributed by atoms with van der Waals surface area (Å²) in [7, 11) is 0. The molecule has 4 heteroatoms. The SMILES string of the molecule is CSc1nc(C)c(C=O)s1. The first-order chi connectivity index (χ1) is 4.77. The fraction of sp³-hybridized carbons (Fsp3) is 0.333. The molecule has 0 saturated heterocycles. The summed E-state index contributed by atoms with van der Waals surface area (Å²) >= 11 is 3.01. The zero-order valence-corrected chi connectivity index (χ0v) is 7.38. The highest BCUT2D eigenvalue weighted by molar-refractivity contribution is 8.00. The Morgan fingerprint density at radius 3 is 2.70 bits per heavy atom. The standard InChI is InChI=1S/C6H7NOS2/c1-4-5(3-8)10-6(7-4)9-2/h3H,1-2H3. The number of carbonyl (C=O) groups is 1. The molecule has 1 aromatic heterocycles. The molecule has 54 valence electrons. The quantitative estimate of drug-likeness (QED) is 0.506. The molecular weight excluding hydrogens is 166 g/mol. The number of hydrogen-bond donors (Lipinski definition) is 0. The Hall–Kier alpha value is -0.350. The number of aryl methyl sites for hydroxylation is 1. The van der Waals surface area contributed by atoms with Crippen molar-refractivity contribution in [1.82, 2.24) is 4.98 Å². The van der Waals surface area contributed by atoms with Gasteiger partial charge in [-0.1, -0.05) is 11.8 Å². The summed E-state index contributed by atoms with van der Waals surface area (Å²) in [6.45, 7) is 1.85. The minimum absolute atomic E-state index is 0.740. The molecule has 0 bridgehead atoms. The van der Waals surface area contributed by atoms with Crippen molar-refractivity contribution in [3.8, 4) is 0 Å². The zero-order chi connectivity index (χ0) is 7.56. The highest BCUT2D eigenvalue weighted by Crippen LogP contribution is 2.23. The molecule has 0 aliphatic heterocycles. The average molecular weight is 173 g/mol. The van der Waals surface area contributed by atoms with Gasteiger partial charge in [0.05, 0.1) is 10.6 Å². The third-order valence-electron chi connectivity index (χ3n) is 1.09. The van der Waals surface area contributed by atoms with Crippen LogP contribution in [0.5, 0.6) is 0 Å². The Labute approximate surface area is 67.7 Å². The number of thioether (sulfide) groups is 1. The van der Waals surface area contributed by atoms with E-state index in [1.165, 1.54) is 11.3 Å². The van der Waals surface area contributed by atoms with Crippen molar-refractivity contribution >= 4 is 29.4 Å². The largest absolute Gasteiger partial charge is 0.297 e. The zero-order valence-electron chi connectivity index (χ0n) is 5.75. The second-order valence-corrected chi connectivity index (χ2v) is 3.84. The van der Waals surface area contributed by atoms with Crippen LogP contribution in [0.3, 0.4) is 0 Å². The van der Waals surface area contributed by atoms with E-state index >= 15 is 0 Å². The maximum atomic E-state index is 10.3. The van der Waals surface area contributed by atoms with Gasteiger partial charge in [-0.15, -0.1) is 11.3 Å². The summed E-state index contributed by atoms with van der Waals surface area (Å²) in [6, 6.07) is 0. The predicted octanol–water partition coefficient (Wildman–Crippen LogP) is 1.99. The normalized spacial score (nSPS) is 9.80. The molecule has 0 atom stereocenters. The van der Waals surface area contributed by atoms with Gasteiger partial charge in [-0.2, -0.15) is 0 Å². The van der Waals surface area contributed by atoms with Gasteiger partial charge in [-0.3, -0.25) is 4.79 Å². The van der Waals surface area contributed by atoms with Gasteiger partial charge in [0, 0.05) is 0 Å². The van der Waals surface area contributed by atoms with Crippen molar-refractivity contribution in [2.75, 3.05) is 6.26 Å². The van der Waals surface area contributed by atoms with Gasteiger partial charge < -0.3 is 0 Å².